The van der Waals surface area contributed by atoms with E-state index < -0.39 is 5.76 Å². The summed E-state index contributed by atoms with van der Waals surface area (Å²) in [4.78, 5) is 32.3. The molecule has 3 unspecified atom stereocenters. The summed E-state index contributed by atoms with van der Waals surface area (Å²) in [6.07, 6.45) is 6.33. The maximum absolute atomic E-state index is 12.4. The summed E-state index contributed by atoms with van der Waals surface area (Å²) in [6.45, 7) is 4.20. The van der Waals surface area contributed by atoms with Gasteiger partial charge >= 0.3 is 5.76 Å². The number of hydrogen-bond acceptors (Lipinski definition) is 6. The van der Waals surface area contributed by atoms with Crippen LogP contribution in [0.3, 0.4) is 0 Å². The maximum atomic E-state index is 12.4. The Labute approximate surface area is 139 Å². The molecule has 0 aliphatic heterocycles. The molecule has 0 spiro atoms. The SMILES string of the molecule is CC1CCCC(NC(=O)Cn2c(-c3ncccn3)noc2=O)C1C. The lowest BCUT2D eigenvalue weighted by Crippen LogP contribution is -2.45. The Balaban J connectivity index is 1.73. The van der Waals surface area contributed by atoms with Crippen molar-refractivity contribution in [2.45, 2.75) is 45.7 Å². The Bertz CT molecular complexity index is 755. The Morgan fingerprint density at radius 2 is 2.08 bits per heavy atom. The molecule has 2 aromatic rings. The lowest BCUT2D eigenvalue weighted by molar-refractivity contribution is -0.123. The van der Waals surface area contributed by atoms with E-state index in [1.165, 1.54) is 18.8 Å². The number of aromatic nitrogens is 4. The standard InChI is InChI=1S/C16H21N5O3/c1-10-5-3-6-12(11(10)2)19-13(22)9-21-15(20-24-16(21)23)14-17-7-4-8-18-14/h4,7-8,10-12H,3,5-6,9H2,1-2H3,(H,19,22). The molecule has 1 fully saturated rings. The number of carbonyl (C=O) groups is 1. The van der Waals surface area contributed by atoms with E-state index in [1.807, 2.05) is 0 Å². The molecule has 3 atom stereocenters. The summed E-state index contributed by atoms with van der Waals surface area (Å²) < 4.78 is 5.83. The van der Waals surface area contributed by atoms with Crippen molar-refractivity contribution in [3.63, 3.8) is 0 Å². The third-order valence-corrected chi connectivity index (χ3v) is 4.81. The zero-order valence-corrected chi connectivity index (χ0v) is 13.8. The van der Waals surface area contributed by atoms with Crippen molar-refractivity contribution < 1.29 is 9.32 Å². The summed E-state index contributed by atoms with van der Waals surface area (Å²) in [5.41, 5.74) is 0. The summed E-state index contributed by atoms with van der Waals surface area (Å²) in [5.74, 6) is 0.465. The number of amides is 1. The van der Waals surface area contributed by atoms with Crippen LogP contribution in [0.1, 0.15) is 33.1 Å². The smallest absolute Gasteiger partial charge is 0.352 e. The van der Waals surface area contributed by atoms with Gasteiger partial charge in [0.1, 0.15) is 6.54 Å². The number of nitrogens with one attached hydrogen (secondary N) is 1. The highest BCUT2D eigenvalue weighted by molar-refractivity contribution is 5.76. The molecule has 2 heterocycles. The Hall–Kier alpha value is -2.51. The van der Waals surface area contributed by atoms with Gasteiger partial charge in [0.25, 0.3) is 0 Å². The molecule has 1 aliphatic rings. The van der Waals surface area contributed by atoms with Gasteiger partial charge in [-0.05, 0) is 24.3 Å². The van der Waals surface area contributed by atoms with Gasteiger partial charge in [-0.15, -0.1) is 0 Å². The third-order valence-electron chi connectivity index (χ3n) is 4.81. The molecule has 2 aromatic heterocycles. The second-order valence-corrected chi connectivity index (χ2v) is 6.37. The van der Waals surface area contributed by atoms with Gasteiger partial charge in [0.05, 0.1) is 0 Å². The summed E-state index contributed by atoms with van der Waals surface area (Å²) in [6, 6.07) is 1.79. The topological polar surface area (TPSA) is 103 Å². The monoisotopic (exact) mass is 331 g/mol. The molecule has 0 radical (unpaired) electrons. The summed E-state index contributed by atoms with van der Waals surface area (Å²) >= 11 is 0. The molecule has 1 amide bonds. The number of hydrogen-bond donors (Lipinski definition) is 1. The van der Waals surface area contributed by atoms with Crippen LogP contribution in [0.2, 0.25) is 0 Å². The molecule has 1 N–H and O–H groups in total. The van der Waals surface area contributed by atoms with E-state index in [0.29, 0.717) is 11.8 Å². The van der Waals surface area contributed by atoms with Crippen LogP contribution in [0, 0.1) is 11.8 Å². The molecule has 0 bridgehead atoms. The van der Waals surface area contributed by atoms with Crippen molar-refractivity contribution in [1.29, 1.82) is 0 Å². The van der Waals surface area contributed by atoms with Crippen molar-refractivity contribution in [1.82, 2.24) is 25.0 Å². The van der Waals surface area contributed by atoms with Crippen molar-refractivity contribution in [3.8, 4) is 11.6 Å². The second kappa shape index (κ2) is 6.94. The molecule has 24 heavy (non-hydrogen) atoms. The molecule has 128 valence electrons. The highest BCUT2D eigenvalue weighted by Crippen LogP contribution is 2.29. The van der Waals surface area contributed by atoms with Gasteiger partial charge in [-0.2, -0.15) is 0 Å². The minimum Gasteiger partial charge on any atom is -0.352 e. The Morgan fingerprint density at radius 3 is 2.83 bits per heavy atom. The molecule has 3 rings (SSSR count). The first kappa shape index (κ1) is 16.4. The lowest BCUT2D eigenvalue weighted by atomic mass is 9.78. The van der Waals surface area contributed by atoms with Crippen LogP contribution < -0.4 is 11.1 Å². The lowest BCUT2D eigenvalue weighted by Gasteiger charge is -2.34. The van der Waals surface area contributed by atoms with Crippen LogP contribution in [0.4, 0.5) is 0 Å². The molecule has 0 aromatic carbocycles. The first-order chi connectivity index (χ1) is 11.6. The molecule has 8 heteroatoms. The molecule has 0 saturated heterocycles. The van der Waals surface area contributed by atoms with Gasteiger partial charge in [-0.1, -0.05) is 31.8 Å². The Kier molecular flexibility index (Phi) is 4.73. The van der Waals surface area contributed by atoms with Crippen LogP contribution in [0.25, 0.3) is 11.6 Å². The summed E-state index contributed by atoms with van der Waals surface area (Å²) in [5, 5.41) is 6.72. The second-order valence-electron chi connectivity index (χ2n) is 6.37. The quantitative estimate of drug-likeness (QED) is 0.904. The molecule has 1 saturated carbocycles. The number of carbonyl (C=O) groups excluding carboxylic acids is 1. The Morgan fingerprint density at radius 1 is 1.33 bits per heavy atom. The zero-order valence-electron chi connectivity index (χ0n) is 13.8. The van der Waals surface area contributed by atoms with Gasteiger partial charge in [0.2, 0.25) is 11.7 Å². The fraction of sp³-hybridized carbons (Fsp3) is 0.562. The fourth-order valence-electron chi connectivity index (χ4n) is 3.16. The van der Waals surface area contributed by atoms with E-state index in [-0.39, 0.29) is 30.1 Å². The highest BCUT2D eigenvalue weighted by Gasteiger charge is 2.28. The van der Waals surface area contributed by atoms with Gasteiger partial charge in [0, 0.05) is 18.4 Å². The number of rotatable bonds is 4. The third kappa shape index (κ3) is 3.37. The predicted molar refractivity (Wildman–Crippen MR) is 85.9 cm³/mol. The average molecular weight is 331 g/mol. The molecular formula is C16H21N5O3. The minimum absolute atomic E-state index is 0.133. The average Bonchev–Trinajstić information content (AvgIpc) is 2.93. The molecule has 8 nitrogen and oxygen atoms in total. The van der Waals surface area contributed by atoms with Crippen LogP contribution in [-0.4, -0.2) is 31.6 Å². The van der Waals surface area contributed by atoms with Crippen molar-refractivity contribution in [3.05, 3.63) is 29.0 Å². The van der Waals surface area contributed by atoms with Crippen LogP contribution in [0.5, 0.6) is 0 Å². The maximum Gasteiger partial charge on any atom is 0.442 e. The molecule has 1 aliphatic carbocycles. The van der Waals surface area contributed by atoms with Gasteiger partial charge in [0.15, 0.2) is 5.82 Å². The van der Waals surface area contributed by atoms with Crippen LogP contribution in [0.15, 0.2) is 27.8 Å². The van der Waals surface area contributed by atoms with Gasteiger partial charge in [-0.25, -0.2) is 19.3 Å². The van der Waals surface area contributed by atoms with E-state index in [1.54, 1.807) is 6.07 Å². The van der Waals surface area contributed by atoms with Crippen LogP contribution in [-0.2, 0) is 11.3 Å². The van der Waals surface area contributed by atoms with Crippen molar-refractivity contribution in [2.75, 3.05) is 0 Å². The fourth-order valence-corrected chi connectivity index (χ4v) is 3.16. The van der Waals surface area contributed by atoms with Crippen LogP contribution >= 0.6 is 0 Å². The first-order valence-electron chi connectivity index (χ1n) is 8.19. The zero-order chi connectivity index (χ0) is 17.1. The van der Waals surface area contributed by atoms with Crippen molar-refractivity contribution >= 4 is 5.91 Å². The molecular weight excluding hydrogens is 310 g/mol. The van der Waals surface area contributed by atoms with E-state index in [2.05, 4.69) is 38.8 Å². The normalized spacial score (nSPS) is 23.8. The first-order valence-corrected chi connectivity index (χ1v) is 8.19. The van der Waals surface area contributed by atoms with Gasteiger partial charge < -0.3 is 5.32 Å². The minimum atomic E-state index is -0.697. The van der Waals surface area contributed by atoms with Crippen molar-refractivity contribution in [2.24, 2.45) is 11.8 Å². The predicted octanol–water partition coefficient (Wildman–Crippen LogP) is 1.23. The largest absolute Gasteiger partial charge is 0.442 e. The number of nitrogens with zero attached hydrogens (tertiary/aromatic N) is 4. The van der Waals surface area contributed by atoms with Gasteiger partial charge in [-0.3, -0.25) is 9.32 Å². The highest BCUT2D eigenvalue weighted by atomic mass is 16.5. The van der Waals surface area contributed by atoms with E-state index in [9.17, 15) is 9.59 Å². The van der Waals surface area contributed by atoms with E-state index in [0.717, 1.165) is 17.4 Å². The summed E-state index contributed by atoms with van der Waals surface area (Å²) in [7, 11) is 0. The van der Waals surface area contributed by atoms with E-state index >= 15 is 0 Å². The van der Waals surface area contributed by atoms with E-state index in [4.69, 9.17) is 0 Å².